The molecule has 0 radical (unpaired) electrons. The van der Waals surface area contributed by atoms with Crippen LogP contribution in [0.15, 0.2) is 45.8 Å². The second-order valence-corrected chi connectivity index (χ2v) is 6.41. The maximum absolute atomic E-state index is 14.0. The highest BCUT2D eigenvalue weighted by molar-refractivity contribution is 9.10. The van der Waals surface area contributed by atoms with E-state index in [0.29, 0.717) is 20.7 Å². The van der Waals surface area contributed by atoms with Gasteiger partial charge in [0.15, 0.2) is 0 Å². The Kier molecular flexibility index (Phi) is 5.43. The summed E-state index contributed by atoms with van der Waals surface area (Å²) in [7, 11) is 0. The molecule has 2 aromatic carbocycles. The summed E-state index contributed by atoms with van der Waals surface area (Å²) >= 11 is 10.2. The fourth-order valence-electron chi connectivity index (χ4n) is 1.66. The number of hydrogen-bond donors (Lipinski definition) is 1. The molecule has 2 aromatic rings. The number of hydrogen-bond acceptors (Lipinski definition) is 2. The summed E-state index contributed by atoms with van der Waals surface area (Å²) in [5.74, 6) is -0.489. The van der Waals surface area contributed by atoms with Crippen molar-refractivity contribution >= 4 is 39.3 Å². The lowest BCUT2D eigenvalue weighted by Gasteiger charge is -2.14. The molecule has 0 bridgehead atoms. The Morgan fingerprint density at radius 2 is 1.90 bits per heavy atom. The van der Waals surface area contributed by atoms with Crippen molar-refractivity contribution in [2.75, 3.05) is 5.75 Å². The minimum Gasteiger partial charge on any atom is -0.323 e. The van der Waals surface area contributed by atoms with Gasteiger partial charge >= 0.3 is 0 Å². The van der Waals surface area contributed by atoms with Crippen LogP contribution in [-0.2, 0) is 0 Å². The number of nitrogens with two attached hydrogens (primary N) is 1. The van der Waals surface area contributed by atoms with Crippen molar-refractivity contribution in [2.45, 2.75) is 10.9 Å². The van der Waals surface area contributed by atoms with Gasteiger partial charge in [0.2, 0.25) is 0 Å². The maximum Gasteiger partial charge on any atom is 0.147 e. The molecule has 106 valence electrons. The molecular weight excluding hydrogens is 368 g/mol. The molecule has 0 aliphatic heterocycles. The largest absolute Gasteiger partial charge is 0.323 e. The number of rotatable bonds is 4. The van der Waals surface area contributed by atoms with Crippen LogP contribution in [0.4, 0.5) is 8.78 Å². The second-order valence-electron chi connectivity index (χ2n) is 4.11. The lowest BCUT2D eigenvalue weighted by atomic mass is 10.1. The summed E-state index contributed by atoms with van der Waals surface area (Å²) in [6.45, 7) is 0. The van der Waals surface area contributed by atoms with Gasteiger partial charge in [-0.05, 0) is 34.1 Å². The summed E-state index contributed by atoms with van der Waals surface area (Å²) in [6.07, 6.45) is 0. The average molecular weight is 379 g/mol. The van der Waals surface area contributed by atoms with Crippen molar-refractivity contribution in [1.82, 2.24) is 0 Å². The molecule has 0 aliphatic carbocycles. The fraction of sp³-hybridized carbons (Fsp3) is 0.143. The zero-order valence-electron chi connectivity index (χ0n) is 10.2. The third kappa shape index (κ3) is 3.52. The zero-order valence-corrected chi connectivity index (χ0v) is 13.4. The first-order valence-electron chi connectivity index (χ1n) is 5.77. The quantitative estimate of drug-likeness (QED) is 0.586. The van der Waals surface area contributed by atoms with Crippen LogP contribution in [0.3, 0.4) is 0 Å². The fourth-order valence-corrected chi connectivity index (χ4v) is 3.06. The third-order valence-corrected chi connectivity index (χ3v) is 5.15. The van der Waals surface area contributed by atoms with Crippen molar-refractivity contribution in [3.8, 4) is 0 Å². The lowest BCUT2D eigenvalue weighted by molar-refractivity contribution is 0.593. The highest BCUT2D eigenvalue weighted by atomic mass is 79.9. The molecule has 0 fully saturated rings. The lowest BCUT2D eigenvalue weighted by Crippen LogP contribution is -2.15. The van der Waals surface area contributed by atoms with Crippen LogP contribution in [0, 0.1) is 11.6 Å². The van der Waals surface area contributed by atoms with Crippen molar-refractivity contribution in [1.29, 1.82) is 0 Å². The van der Waals surface area contributed by atoms with Gasteiger partial charge in [0.05, 0.1) is 5.02 Å². The maximum atomic E-state index is 14.0. The van der Waals surface area contributed by atoms with E-state index in [-0.39, 0.29) is 10.8 Å². The molecule has 1 atom stereocenters. The SMILES string of the molecule is NC(CSc1ccccc1F)c1ccc(Br)c(Cl)c1F. The Hall–Kier alpha value is -0.620. The Morgan fingerprint density at radius 3 is 2.60 bits per heavy atom. The van der Waals surface area contributed by atoms with Crippen LogP contribution >= 0.6 is 39.3 Å². The Morgan fingerprint density at radius 1 is 1.20 bits per heavy atom. The van der Waals surface area contributed by atoms with E-state index in [2.05, 4.69) is 15.9 Å². The van der Waals surface area contributed by atoms with Gasteiger partial charge in [0, 0.05) is 26.7 Å². The number of halogens is 4. The molecule has 0 heterocycles. The van der Waals surface area contributed by atoms with E-state index in [1.54, 1.807) is 30.3 Å². The van der Waals surface area contributed by atoms with Crippen molar-refractivity contribution in [3.05, 3.63) is 63.1 Å². The van der Waals surface area contributed by atoms with Gasteiger partial charge in [-0.25, -0.2) is 8.78 Å². The standard InChI is InChI=1S/C14H11BrClF2NS/c15-9-6-5-8(14(18)13(9)16)11(19)7-20-12-4-2-1-3-10(12)17/h1-6,11H,7,19H2. The normalized spacial score (nSPS) is 12.4. The molecule has 2 rings (SSSR count). The zero-order chi connectivity index (χ0) is 14.7. The van der Waals surface area contributed by atoms with Gasteiger partial charge in [-0.1, -0.05) is 29.8 Å². The molecule has 0 aromatic heterocycles. The Labute approximate surface area is 133 Å². The molecule has 0 saturated carbocycles. The van der Waals surface area contributed by atoms with Crippen molar-refractivity contribution < 1.29 is 8.78 Å². The van der Waals surface area contributed by atoms with Gasteiger partial charge in [0.25, 0.3) is 0 Å². The molecule has 0 spiro atoms. The molecule has 1 nitrogen and oxygen atoms in total. The molecule has 20 heavy (non-hydrogen) atoms. The highest BCUT2D eigenvalue weighted by Crippen LogP contribution is 2.32. The number of benzene rings is 2. The van der Waals surface area contributed by atoms with Gasteiger partial charge in [-0.15, -0.1) is 11.8 Å². The monoisotopic (exact) mass is 377 g/mol. The van der Waals surface area contributed by atoms with Crippen LogP contribution in [-0.4, -0.2) is 5.75 Å². The first-order valence-corrected chi connectivity index (χ1v) is 7.92. The van der Waals surface area contributed by atoms with Gasteiger partial charge in [-0.3, -0.25) is 0 Å². The van der Waals surface area contributed by atoms with Crippen molar-refractivity contribution in [2.24, 2.45) is 5.73 Å². The van der Waals surface area contributed by atoms with E-state index < -0.39 is 11.9 Å². The summed E-state index contributed by atoms with van der Waals surface area (Å²) in [4.78, 5) is 0.492. The third-order valence-electron chi connectivity index (χ3n) is 2.72. The predicted molar refractivity (Wildman–Crippen MR) is 83.2 cm³/mol. The minimum atomic E-state index is -0.565. The molecule has 0 aliphatic rings. The van der Waals surface area contributed by atoms with E-state index in [1.807, 2.05) is 0 Å². The second kappa shape index (κ2) is 6.89. The van der Waals surface area contributed by atoms with Crippen molar-refractivity contribution in [3.63, 3.8) is 0 Å². The smallest absolute Gasteiger partial charge is 0.147 e. The summed E-state index contributed by atoms with van der Waals surface area (Å²) in [5.41, 5.74) is 6.28. The van der Waals surface area contributed by atoms with E-state index in [1.165, 1.54) is 17.8 Å². The van der Waals surface area contributed by atoms with Crippen LogP contribution in [0.1, 0.15) is 11.6 Å². The van der Waals surface area contributed by atoms with E-state index in [4.69, 9.17) is 17.3 Å². The minimum absolute atomic E-state index is 0.00819. The first-order chi connectivity index (χ1) is 9.50. The molecule has 2 N–H and O–H groups in total. The predicted octanol–water partition coefficient (Wildman–Crippen LogP) is 5.17. The molecule has 6 heteroatoms. The average Bonchev–Trinajstić information content (AvgIpc) is 2.44. The molecule has 0 saturated heterocycles. The summed E-state index contributed by atoms with van der Waals surface area (Å²) in [6, 6.07) is 9.07. The topological polar surface area (TPSA) is 26.0 Å². The Balaban J connectivity index is 2.11. The summed E-state index contributed by atoms with van der Waals surface area (Å²) < 4.78 is 27.9. The van der Waals surface area contributed by atoms with Crippen LogP contribution < -0.4 is 5.73 Å². The highest BCUT2D eigenvalue weighted by Gasteiger charge is 2.16. The van der Waals surface area contributed by atoms with Gasteiger partial charge < -0.3 is 5.73 Å². The number of thioether (sulfide) groups is 1. The molecule has 1 unspecified atom stereocenters. The van der Waals surface area contributed by atoms with Crippen LogP contribution in [0.25, 0.3) is 0 Å². The first kappa shape index (κ1) is 15.8. The molecule has 0 amide bonds. The Bertz CT molecular complexity index is 624. The van der Waals surface area contributed by atoms with Crippen LogP contribution in [0.5, 0.6) is 0 Å². The molecular formula is C14H11BrClF2NS. The van der Waals surface area contributed by atoms with Crippen LogP contribution in [0.2, 0.25) is 5.02 Å². The van der Waals surface area contributed by atoms with Gasteiger partial charge in [-0.2, -0.15) is 0 Å². The van der Waals surface area contributed by atoms with Gasteiger partial charge in [0.1, 0.15) is 11.6 Å². The van der Waals surface area contributed by atoms with E-state index in [0.717, 1.165) is 0 Å². The van der Waals surface area contributed by atoms with E-state index >= 15 is 0 Å². The van der Waals surface area contributed by atoms with E-state index in [9.17, 15) is 8.78 Å². The summed E-state index contributed by atoms with van der Waals surface area (Å²) in [5, 5.41) is 0.00819.